The van der Waals surface area contributed by atoms with E-state index in [1.54, 1.807) is 0 Å². The molecule has 2 rings (SSSR count). The zero-order chi connectivity index (χ0) is 12.8. The van der Waals surface area contributed by atoms with E-state index in [1.165, 1.54) is 0 Å². The lowest BCUT2D eigenvalue weighted by atomic mass is 9.97. The molecule has 3 N–H and O–H groups in total. The molecule has 0 spiro atoms. The van der Waals surface area contributed by atoms with Crippen molar-refractivity contribution in [1.82, 2.24) is 9.97 Å². The van der Waals surface area contributed by atoms with Crippen LogP contribution in [-0.4, -0.2) is 22.2 Å². The van der Waals surface area contributed by atoms with Crippen molar-refractivity contribution in [1.29, 1.82) is 0 Å². The van der Waals surface area contributed by atoms with E-state index in [-0.39, 0.29) is 23.9 Å². The third-order valence-corrected chi connectivity index (χ3v) is 2.74. The number of imidazole rings is 1. The molecular weight excluding hydrogens is 245 g/mol. The van der Waals surface area contributed by atoms with Gasteiger partial charge in [0.1, 0.15) is 0 Å². The van der Waals surface area contributed by atoms with Crippen molar-refractivity contribution in [3.05, 3.63) is 17.2 Å². The summed E-state index contributed by atoms with van der Waals surface area (Å²) in [7, 11) is 0. The molecule has 17 heavy (non-hydrogen) atoms. The number of fused-ring (bicyclic) bond motifs is 1. The Bertz CT molecular complexity index is 423. The van der Waals surface area contributed by atoms with E-state index in [9.17, 15) is 22.0 Å². The molecule has 1 heterocycles. The summed E-state index contributed by atoms with van der Waals surface area (Å²) in [5, 5.41) is 0. The molecule has 1 aromatic heterocycles. The Morgan fingerprint density at radius 3 is 2.47 bits per heavy atom. The van der Waals surface area contributed by atoms with Crippen LogP contribution in [0.5, 0.6) is 0 Å². The maximum absolute atomic E-state index is 13.0. The molecule has 1 aromatic rings. The van der Waals surface area contributed by atoms with Gasteiger partial charge in [0.05, 0.1) is 5.69 Å². The number of hydrogen-bond acceptors (Lipinski definition) is 2. The number of nitrogens with one attached hydrogen (secondary N) is 1. The lowest BCUT2D eigenvalue weighted by Crippen LogP contribution is -2.34. The van der Waals surface area contributed by atoms with E-state index in [0.29, 0.717) is 12.8 Å². The van der Waals surface area contributed by atoms with Gasteiger partial charge in [-0.15, -0.1) is 0 Å². The fourth-order valence-corrected chi connectivity index (χ4v) is 1.79. The van der Waals surface area contributed by atoms with Gasteiger partial charge in [-0.1, -0.05) is 0 Å². The van der Waals surface area contributed by atoms with E-state index >= 15 is 0 Å². The number of aromatic amines is 1. The van der Waals surface area contributed by atoms with Gasteiger partial charge in [-0.2, -0.15) is 22.0 Å². The van der Waals surface area contributed by atoms with Crippen LogP contribution in [0.1, 0.15) is 23.6 Å². The van der Waals surface area contributed by atoms with Crippen LogP contribution in [-0.2, 0) is 18.8 Å². The highest BCUT2D eigenvalue weighted by Gasteiger charge is 2.61. The number of H-pyrrole nitrogens is 1. The van der Waals surface area contributed by atoms with Crippen molar-refractivity contribution in [2.45, 2.75) is 37.4 Å². The Labute approximate surface area is 93.2 Å². The van der Waals surface area contributed by atoms with E-state index in [1.807, 2.05) is 4.98 Å². The molecule has 1 aliphatic carbocycles. The quantitative estimate of drug-likeness (QED) is 0.753. The number of nitrogens with zero attached hydrogens (tertiary/aromatic N) is 1. The smallest absolute Gasteiger partial charge is 0.340 e. The van der Waals surface area contributed by atoms with Gasteiger partial charge in [0.15, 0.2) is 5.82 Å². The van der Waals surface area contributed by atoms with Crippen LogP contribution in [0.2, 0.25) is 0 Å². The second kappa shape index (κ2) is 3.66. The lowest BCUT2D eigenvalue weighted by Gasteiger charge is -2.16. The Morgan fingerprint density at radius 1 is 1.24 bits per heavy atom. The molecule has 0 amide bonds. The first-order valence-corrected chi connectivity index (χ1v) is 5.00. The van der Waals surface area contributed by atoms with Crippen molar-refractivity contribution in [2.24, 2.45) is 5.73 Å². The number of halogens is 5. The molecule has 0 saturated heterocycles. The van der Waals surface area contributed by atoms with Gasteiger partial charge >= 0.3 is 12.1 Å². The topological polar surface area (TPSA) is 54.7 Å². The second-order valence-corrected chi connectivity index (χ2v) is 4.09. The molecule has 0 aliphatic heterocycles. The van der Waals surface area contributed by atoms with Crippen LogP contribution in [0, 0.1) is 0 Å². The molecular formula is C9H10F5N3. The van der Waals surface area contributed by atoms with Crippen molar-refractivity contribution < 1.29 is 22.0 Å². The van der Waals surface area contributed by atoms with E-state index < -0.39 is 17.9 Å². The van der Waals surface area contributed by atoms with Gasteiger partial charge in [-0.3, -0.25) is 0 Å². The fraction of sp³-hybridized carbons (Fsp3) is 0.667. The summed E-state index contributed by atoms with van der Waals surface area (Å²) < 4.78 is 62.4. The Kier molecular flexibility index (Phi) is 2.64. The van der Waals surface area contributed by atoms with Crippen molar-refractivity contribution >= 4 is 0 Å². The average Bonchev–Trinajstić information content (AvgIpc) is 2.58. The number of aromatic nitrogens is 2. The maximum Gasteiger partial charge on any atom is 0.461 e. The minimum Gasteiger partial charge on any atom is -0.340 e. The van der Waals surface area contributed by atoms with Gasteiger partial charge in [0, 0.05) is 18.2 Å². The third-order valence-electron chi connectivity index (χ3n) is 2.74. The lowest BCUT2D eigenvalue weighted by molar-refractivity contribution is -0.292. The number of nitrogens with two attached hydrogens (primary N) is 1. The zero-order valence-corrected chi connectivity index (χ0v) is 8.61. The fourth-order valence-electron chi connectivity index (χ4n) is 1.79. The SMILES string of the molecule is NC1CCc2nc(C(F)(F)C(F)(F)F)[nH]c2C1. The molecule has 3 nitrogen and oxygen atoms in total. The summed E-state index contributed by atoms with van der Waals surface area (Å²) in [6.45, 7) is 0. The van der Waals surface area contributed by atoms with Gasteiger partial charge < -0.3 is 10.7 Å². The average molecular weight is 255 g/mol. The molecule has 0 bridgehead atoms. The van der Waals surface area contributed by atoms with Gasteiger partial charge in [0.2, 0.25) is 0 Å². The summed E-state index contributed by atoms with van der Waals surface area (Å²) in [6, 6.07) is -0.227. The Hall–Kier alpha value is -1.18. The molecule has 0 radical (unpaired) electrons. The molecule has 0 fully saturated rings. The minimum atomic E-state index is -5.64. The van der Waals surface area contributed by atoms with Gasteiger partial charge in [-0.25, -0.2) is 4.98 Å². The van der Waals surface area contributed by atoms with Crippen LogP contribution < -0.4 is 5.73 Å². The van der Waals surface area contributed by atoms with Crippen LogP contribution in [0.4, 0.5) is 22.0 Å². The second-order valence-electron chi connectivity index (χ2n) is 4.09. The molecule has 1 unspecified atom stereocenters. The van der Waals surface area contributed by atoms with Crippen molar-refractivity contribution in [2.75, 3.05) is 0 Å². The zero-order valence-electron chi connectivity index (χ0n) is 8.61. The number of hydrogen-bond donors (Lipinski definition) is 2. The molecule has 0 aromatic carbocycles. The highest BCUT2D eigenvalue weighted by molar-refractivity contribution is 5.21. The molecule has 1 aliphatic rings. The summed E-state index contributed by atoms with van der Waals surface area (Å²) >= 11 is 0. The molecule has 96 valence electrons. The summed E-state index contributed by atoms with van der Waals surface area (Å²) in [4.78, 5) is 5.39. The maximum atomic E-state index is 13.0. The minimum absolute atomic E-state index is 0.227. The third kappa shape index (κ3) is 2.01. The summed E-state index contributed by atoms with van der Waals surface area (Å²) in [5.41, 5.74) is 6.13. The predicted molar refractivity (Wildman–Crippen MR) is 48.5 cm³/mol. The molecule has 0 saturated carbocycles. The van der Waals surface area contributed by atoms with Crippen LogP contribution in [0.25, 0.3) is 0 Å². The van der Waals surface area contributed by atoms with Crippen LogP contribution in [0.15, 0.2) is 0 Å². The summed E-state index contributed by atoms with van der Waals surface area (Å²) in [6.07, 6.45) is -4.54. The first-order chi connectivity index (χ1) is 7.72. The Morgan fingerprint density at radius 2 is 1.88 bits per heavy atom. The van der Waals surface area contributed by atoms with E-state index in [0.717, 1.165) is 0 Å². The standard InChI is InChI=1S/C9H10F5N3/c10-8(11,9(12,13)14)7-16-5-2-1-4(15)3-6(5)17-7/h4H,1-3,15H2,(H,16,17). The Balaban J connectivity index is 2.36. The van der Waals surface area contributed by atoms with Gasteiger partial charge in [0.25, 0.3) is 0 Å². The number of alkyl halides is 5. The van der Waals surface area contributed by atoms with Crippen LogP contribution in [0.3, 0.4) is 0 Å². The van der Waals surface area contributed by atoms with Crippen LogP contribution >= 0.6 is 0 Å². The van der Waals surface area contributed by atoms with Gasteiger partial charge in [-0.05, 0) is 12.8 Å². The summed E-state index contributed by atoms with van der Waals surface area (Å²) in [5.74, 6) is -6.29. The highest BCUT2D eigenvalue weighted by Crippen LogP contribution is 2.43. The van der Waals surface area contributed by atoms with Crippen molar-refractivity contribution in [3.8, 4) is 0 Å². The predicted octanol–water partition coefficient (Wildman–Crippen LogP) is 1.88. The first kappa shape index (κ1) is 12.3. The van der Waals surface area contributed by atoms with E-state index in [2.05, 4.69) is 4.98 Å². The van der Waals surface area contributed by atoms with E-state index in [4.69, 9.17) is 5.73 Å². The van der Waals surface area contributed by atoms with Crippen molar-refractivity contribution in [3.63, 3.8) is 0 Å². The molecule has 8 heteroatoms. The monoisotopic (exact) mass is 255 g/mol. The first-order valence-electron chi connectivity index (χ1n) is 5.00. The normalized spacial score (nSPS) is 21.4. The largest absolute Gasteiger partial charge is 0.461 e. The number of aryl methyl sites for hydroxylation is 1. The molecule has 1 atom stereocenters. The number of rotatable bonds is 1. The highest BCUT2D eigenvalue weighted by atomic mass is 19.4.